The van der Waals surface area contributed by atoms with Crippen LogP contribution in [0.5, 0.6) is 0 Å². The predicted octanol–water partition coefficient (Wildman–Crippen LogP) is 13.4. The number of para-hydroxylation sites is 5. The Bertz CT molecular complexity index is 2610. The average molecular weight is 717 g/mol. The summed E-state index contributed by atoms with van der Waals surface area (Å²) in [6, 6.07) is 49.2. The summed E-state index contributed by atoms with van der Waals surface area (Å²) in [4.78, 5) is 14.5. The highest BCUT2D eigenvalue weighted by Crippen LogP contribution is 2.45. The molecule has 0 unspecified atom stereocenters. The zero-order valence-corrected chi connectivity index (χ0v) is 31.2. The molecule has 6 aromatic carbocycles. The molecule has 1 aromatic heterocycles. The molecular weight excluding hydrogens is 677 g/mol. The molecule has 0 amide bonds. The Morgan fingerprint density at radius 2 is 1.52 bits per heavy atom. The lowest BCUT2D eigenvalue weighted by Gasteiger charge is -2.29. The first-order valence-electron chi connectivity index (χ1n) is 18.5. The molecule has 7 aromatic rings. The molecule has 0 atom stereocenters. The second-order valence-corrected chi connectivity index (χ2v) is 14.9. The van der Waals surface area contributed by atoms with Crippen molar-refractivity contribution in [2.45, 2.75) is 32.7 Å². The number of thiazole rings is 1. The van der Waals surface area contributed by atoms with Gasteiger partial charge in [0, 0.05) is 33.9 Å². The summed E-state index contributed by atoms with van der Waals surface area (Å²) < 4.78 is 1.11. The standard InChI is InChI=1S/C49H40N4S/c1-33-16-10-14-24-45(33)53(40-20-8-5-9-21-40)34(2)41-29-28-38(32-52(39-18-6-4-7-19-39)46-25-15-13-23-44(46)50-3)47-48(41)54-49(51-47)37-27-26-36-30-35-17-11-12-22-42(35)43(36)31-37/h4-10,12-16,18-29,31H,2-3,11,17,30,32H2,1H3. The van der Waals surface area contributed by atoms with Gasteiger partial charge < -0.3 is 9.80 Å². The molecular formula is C49H40N4S. The molecule has 2 aliphatic rings. The Morgan fingerprint density at radius 1 is 0.796 bits per heavy atom. The molecule has 0 N–H and O–H groups in total. The predicted molar refractivity (Wildman–Crippen MR) is 231 cm³/mol. The molecule has 2 aliphatic carbocycles. The van der Waals surface area contributed by atoms with E-state index in [1.807, 2.05) is 12.1 Å². The molecule has 0 saturated heterocycles. The van der Waals surface area contributed by atoms with Crippen molar-refractivity contribution in [2.24, 2.45) is 4.99 Å². The summed E-state index contributed by atoms with van der Waals surface area (Å²) in [6.07, 6.45) is 7.96. The van der Waals surface area contributed by atoms with E-state index in [0.29, 0.717) is 6.54 Å². The number of hydrogen-bond donors (Lipinski definition) is 0. The van der Waals surface area contributed by atoms with Crippen LogP contribution in [0.2, 0.25) is 0 Å². The second kappa shape index (κ2) is 14.3. The number of allylic oxidation sites excluding steroid dienone is 4. The highest BCUT2D eigenvalue weighted by molar-refractivity contribution is 7.22. The molecule has 0 saturated carbocycles. The summed E-state index contributed by atoms with van der Waals surface area (Å²) >= 11 is 1.75. The summed E-state index contributed by atoms with van der Waals surface area (Å²) in [5.74, 6) is 0. The van der Waals surface area contributed by atoms with Crippen molar-refractivity contribution in [1.29, 1.82) is 0 Å². The summed E-state index contributed by atoms with van der Waals surface area (Å²) in [5, 5.41) is 1.00. The molecule has 1 heterocycles. The van der Waals surface area contributed by atoms with Crippen LogP contribution in [0.1, 0.15) is 40.7 Å². The van der Waals surface area contributed by atoms with Gasteiger partial charge in [0.05, 0.1) is 28.1 Å². The average Bonchev–Trinajstić information content (AvgIpc) is 3.84. The minimum atomic E-state index is 0.592. The maximum Gasteiger partial charge on any atom is 0.124 e. The number of fused-ring (bicyclic) bond motifs is 3. The zero-order chi connectivity index (χ0) is 36.6. The number of anilines is 4. The summed E-state index contributed by atoms with van der Waals surface area (Å²) in [7, 11) is 0. The monoisotopic (exact) mass is 716 g/mol. The van der Waals surface area contributed by atoms with Gasteiger partial charge in [-0.2, -0.15) is 0 Å². The van der Waals surface area contributed by atoms with Crippen molar-refractivity contribution < 1.29 is 0 Å². The minimum Gasteiger partial charge on any atom is -0.335 e. The normalized spacial score (nSPS) is 13.1. The van der Waals surface area contributed by atoms with Gasteiger partial charge in [-0.3, -0.25) is 4.99 Å². The molecule has 262 valence electrons. The first kappa shape index (κ1) is 33.5. The van der Waals surface area contributed by atoms with Gasteiger partial charge >= 0.3 is 0 Å². The van der Waals surface area contributed by atoms with E-state index >= 15 is 0 Å². The lowest BCUT2D eigenvalue weighted by atomic mass is 9.97. The van der Waals surface area contributed by atoms with Gasteiger partial charge in [0.1, 0.15) is 5.01 Å². The van der Waals surface area contributed by atoms with E-state index in [1.54, 1.807) is 16.9 Å². The van der Waals surface area contributed by atoms with Crippen LogP contribution in [-0.2, 0) is 13.0 Å². The third kappa shape index (κ3) is 6.07. The van der Waals surface area contributed by atoms with Crippen molar-refractivity contribution >= 4 is 68.0 Å². The number of aromatic nitrogens is 1. The smallest absolute Gasteiger partial charge is 0.124 e. The second-order valence-electron chi connectivity index (χ2n) is 13.9. The lowest BCUT2D eigenvalue weighted by molar-refractivity contribution is 0.935. The van der Waals surface area contributed by atoms with E-state index in [1.165, 1.54) is 22.3 Å². The molecule has 0 radical (unpaired) electrons. The fraction of sp³-hybridized carbons (Fsp3) is 0.102. The Hall–Kier alpha value is -6.30. The van der Waals surface area contributed by atoms with Crippen LogP contribution >= 0.6 is 11.3 Å². The molecule has 54 heavy (non-hydrogen) atoms. The van der Waals surface area contributed by atoms with E-state index in [0.717, 1.165) is 85.3 Å². The SMILES string of the molecule is C=Nc1ccccc1N(Cc1ccc(C(=C)N(c2ccccc2)c2ccccc2C)c2sc(-c3ccc4c(c3)C3=C(CCC=C3)C4)nc12)c1ccccc1. The van der Waals surface area contributed by atoms with Crippen LogP contribution in [0.15, 0.2) is 169 Å². The maximum absolute atomic E-state index is 5.52. The van der Waals surface area contributed by atoms with Crippen LogP contribution in [-0.4, -0.2) is 11.7 Å². The van der Waals surface area contributed by atoms with Gasteiger partial charge in [-0.25, -0.2) is 4.98 Å². The zero-order valence-electron chi connectivity index (χ0n) is 30.4. The number of aryl methyl sites for hydroxylation is 1. The number of nitrogens with zero attached hydrogens (tertiary/aromatic N) is 4. The number of aliphatic imine (C=N–C) groups is 1. The van der Waals surface area contributed by atoms with Gasteiger partial charge in [-0.15, -0.1) is 11.3 Å². The van der Waals surface area contributed by atoms with E-state index in [-0.39, 0.29) is 0 Å². The molecule has 0 fully saturated rings. The van der Waals surface area contributed by atoms with E-state index in [9.17, 15) is 0 Å². The van der Waals surface area contributed by atoms with Crippen LogP contribution in [0.3, 0.4) is 0 Å². The van der Waals surface area contributed by atoms with Crippen molar-refractivity contribution in [3.8, 4) is 10.6 Å². The molecule has 4 nitrogen and oxygen atoms in total. The van der Waals surface area contributed by atoms with E-state index in [4.69, 9.17) is 11.6 Å². The molecule has 0 aliphatic heterocycles. The van der Waals surface area contributed by atoms with E-state index < -0.39 is 0 Å². The van der Waals surface area contributed by atoms with Crippen molar-refractivity contribution in [3.05, 3.63) is 192 Å². The quantitative estimate of drug-likeness (QED) is 0.132. The molecule has 0 bridgehead atoms. The Kier molecular flexibility index (Phi) is 8.85. The fourth-order valence-electron chi connectivity index (χ4n) is 7.93. The fourth-order valence-corrected chi connectivity index (χ4v) is 9.07. The molecule has 9 rings (SSSR count). The van der Waals surface area contributed by atoms with Gasteiger partial charge in [-0.05, 0) is 109 Å². The van der Waals surface area contributed by atoms with Crippen LogP contribution in [0, 0.1) is 6.92 Å². The van der Waals surface area contributed by atoms with Crippen LogP contribution < -0.4 is 9.80 Å². The summed E-state index contributed by atoms with van der Waals surface area (Å²) in [6.45, 7) is 11.5. The van der Waals surface area contributed by atoms with Crippen molar-refractivity contribution in [2.75, 3.05) is 9.80 Å². The largest absolute Gasteiger partial charge is 0.335 e. The van der Waals surface area contributed by atoms with Gasteiger partial charge in [-0.1, -0.05) is 115 Å². The Balaban J connectivity index is 1.22. The van der Waals surface area contributed by atoms with Crippen LogP contribution in [0.4, 0.5) is 28.4 Å². The number of rotatable bonds is 10. The minimum absolute atomic E-state index is 0.592. The molecule has 0 spiro atoms. The van der Waals surface area contributed by atoms with E-state index in [2.05, 4.69) is 168 Å². The van der Waals surface area contributed by atoms with Crippen molar-refractivity contribution in [3.63, 3.8) is 0 Å². The number of hydrogen-bond acceptors (Lipinski definition) is 5. The highest BCUT2D eigenvalue weighted by Gasteiger charge is 2.25. The first-order chi connectivity index (χ1) is 26.6. The topological polar surface area (TPSA) is 31.7 Å². The van der Waals surface area contributed by atoms with Gasteiger partial charge in [0.25, 0.3) is 0 Å². The summed E-state index contributed by atoms with van der Waals surface area (Å²) in [5.41, 5.74) is 17.2. The van der Waals surface area contributed by atoms with Gasteiger partial charge in [0.2, 0.25) is 0 Å². The highest BCUT2D eigenvalue weighted by atomic mass is 32.1. The molecule has 5 heteroatoms. The van der Waals surface area contributed by atoms with Gasteiger partial charge in [0.15, 0.2) is 0 Å². The third-order valence-corrected chi connectivity index (χ3v) is 11.8. The Labute approximate surface area is 321 Å². The third-order valence-electron chi connectivity index (χ3n) is 10.6. The lowest BCUT2D eigenvalue weighted by Crippen LogP contribution is -2.18. The maximum atomic E-state index is 5.52. The number of benzene rings is 6. The van der Waals surface area contributed by atoms with Crippen molar-refractivity contribution in [1.82, 2.24) is 4.98 Å². The first-order valence-corrected chi connectivity index (χ1v) is 19.3. The van der Waals surface area contributed by atoms with Crippen LogP contribution in [0.25, 0.3) is 32.1 Å². The Morgan fingerprint density at radius 3 is 2.30 bits per heavy atom.